The summed E-state index contributed by atoms with van der Waals surface area (Å²) >= 11 is 6.20. The number of nitrogens with zero attached hydrogens (tertiary/aromatic N) is 1. The van der Waals surface area contributed by atoms with E-state index in [9.17, 15) is 4.79 Å². The van der Waals surface area contributed by atoms with Crippen LogP contribution < -0.4 is 10.2 Å². The second kappa shape index (κ2) is 6.63. The molecule has 1 N–H and O–H groups in total. The molecular weight excluding hydrogens is 308 g/mol. The molecule has 1 amide bonds. The van der Waals surface area contributed by atoms with Gasteiger partial charge in [0.1, 0.15) is 0 Å². The van der Waals surface area contributed by atoms with Crippen LogP contribution in [-0.2, 0) is 11.2 Å². The molecule has 120 valence electrons. The van der Waals surface area contributed by atoms with Crippen molar-refractivity contribution in [3.8, 4) is 0 Å². The molecule has 0 aliphatic carbocycles. The highest BCUT2D eigenvalue weighted by molar-refractivity contribution is 6.33. The number of aryl methyl sites for hydroxylation is 2. The highest BCUT2D eigenvalue weighted by Crippen LogP contribution is 2.30. The van der Waals surface area contributed by atoms with E-state index in [0.717, 1.165) is 24.1 Å². The van der Waals surface area contributed by atoms with Crippen LogP contribution in [0.4, 0.5) is 11.4 Å². The van der Waals surface area contributed by atoms with Gasteiger partial charge in [-0.2, -0.15) is 0 Å². The summed E-state index contributed by atoms with van der Waals surface area (Å²) in [6.45, 7) is 4.48. The smallest absolute Gasteiger partial charge is 0.243 e. The molecule has 0 fully saturated rings. The molecule has 3 rings (SSSR count). The topological polar surface area (TPSA) is 32.3 Å². The van der Waals surface area contributed by atoms with Crippen LogP contribution in [0.3, 0.4) is 0 Å². The van der Waals surface area contributed by atoms with E-state index in [1.54, 1.807) is 0 Å². The van der Waals surface area contributed by atoms with E-state index in [1.807, 2.05) is 31.2 Å². The van der Waals surface area contributed by atoms with E-state index in [1.165, 1.54) is 5.56 Å². The first-order valence-electron chi connectivity index (χ1n) is 7.95. The largest absolute Gasteiger partial charge is 0.359 e. The summed E-state index contributed by atoms with van der Waals surface area (Å²) in [5.74, 6) is -0.0423. The third-order valence-electron chi connectivity index (χ3n) is 4.38. The standard InChI is InChI=1S/C19H21ClN2O/c1-13-7-10-17(16(20)11-13)21-19(23)12-22-14(2)8-9-15-5-3-4-6-18(15)22/h3-7,10-11,14H,8-9,12H2,1-2H3,(H,21,23)/t14-/m0/s1. The molecule has 2 aromatic carbocycles. The van der Waals surface area contributed by atoms with Crippen LogP contribution in [0.15, 0.2) is 42.5 Å². The Balaban J connectivity index is 1.75. The number of carbonyl (C=O) groups is 1. The van der Waals surface area contributed by atoms with Gasteiger partial charge in [-0.15, -0.1) is 0 Å². The average Bonchev–Trinajstić information content (AvgIpc) is 2.53. The first-order valence-corrected chi connectivity index (χ1v) is 8.33. The molecule has 1 heterocycles. The number of para-hydroxylation sites is 1. The number of hydrogen-bond donors (Lipinski definition) is 1. The van der Waals surface area contributed by atoms with Crippen LogP contribution >= 0.6 is 11.6 Å². The monoisotopic (exact) mass is 328 g/mol. The Bertz CT molecular complexity index is 729. The fourth-order valence-electron chi connectivity index (χ4n) is 3.07. The number of amides is 1. The van der Waals surface area contributed by atoms with Gasteiger partial charge in [0.2, 0.25) is 5.91 Å². The zero-order valence-electron chi connectivity index (χ0n) is 13.5. The lowest BCUT2D eigenvalue weighted by atomic mass is 9.96. The molecule has 0 aromatic heterocycles. The number of hydrogen-bond acceptors (Lipinski definition) is 2. The van der Waals surface area contributed by atoms with Gasteiger partial charge >= 0.3 is 0 Å². The Morgan fingerprint density at radius 2 is 2.09 bits per heavy atom. The van der Waals surface area contributed by atoms with E-state index in [2.05, 4.69) is 35.3 Å². The zero-order valence-corrected chi connectivity index (χ0v) is 14.2. The van der Waals surface area contributed by atoms with Crippen molar-refractivity contribution in [3.05, 3.63) is 58.6 Å². The summed E-state index contributed by atoms with van der Waals surface area (Å²) in [7, 11) is 0. The molecule has 0 saturated heterocycles. The minimum Gasteiger partial charge on any atom is -0.359 e. The van der Waals surface area contributed by atoms with Gasteiger partial charge in [-0.25, -0.2) is 0 Å². The lowest BCUT2D eigenvalue weighted by Crippen LogP contribution is -2.42. The summed E-state index contributed by atoms with van der Waals surface area (Å²) in [6.07, 6.45) is 2.13. The summed E-state index contributed by atoms with van der Waals surface area (Å²) in [5, 5.41) is 3.50. The molecule has 3 nitrogen and oxygen atoms in total. The van der Waals surface area contributed by atoms with Crippen LogP contribution in [0.2, 0.25) is 5.02 Å². The van der Waals surface area contributed by atoms with Crippen molar-refractivity contribution in [2.75, 3.05) is 16.8 Å². The van der Waals surface area contributed by atoms with Gasteiger partial charge in [-0.1, -0.05) is 35.9 Å². The first kappa shape index (κ1) is 15.9. The molecule has 0 saturated carbocycles. The quantitative estimate of drug-likeness (QED) is 0.904. The first-order chi connectivity index (χ1) is 11.0. The molecule has 1 aliphatic heterocycles. The Labute approximate surface area is 142 Å². The van der Waals surface area contributed by atoms with Crippen molar-refractivity contribution in [2.45, 2.75) is 32.7 Å². The van der Waals surface area contributed by atoms with Crippen molar-refractivity contribution >= 4 is 28.9 Å². The fraction of sp³-hybridized carbons (Fsp3) is 0.316. The Kier molecular flexibility index (Phi) is 4.58. The van der Waals surface area contributed by atoms with Gasteiger partial charge in [0.15, 0.2) is 0 Å². The number of fused-ring (bicyclic) bond motifs is 1. The van der Waals surface area contributed by atoms with Gasteiger partial charge < -0.3 is 10.2 Å². The number of benzene rings is 2. The molecule has 4 heteroatoms. The van der Waals surface area contributed by atoms with Gasteiger partial charge in [0.05, 0.1) is 17.3 Å². The summed E-state index contributed by atoms with van der Waals surface area (Å²) in [5.41, 5.74) is 4.22. The maximum absolute atomic E-state index is 12.5. The van der Waals surface area contributed by atoms with E-state index in [0.29, 0.717) is 23.3 Å². The van der Waals surface area contributed by atoms with E-state index in [4.69, 9.17) is 11.6 Å². The number of nitrogens with one attached hydrogen (secondary N) is 1. The molecule has 1 aliphatic rings. The maximum atomic E-state index is 12.5. The molecule has 0 spiro atoms. The number of rotatable bonds is 3. The van der Waals surface area contributed by atoms with E-state index in [-0.39, 0.29) is 5.91 Å². The Morgan fingerprint density at radius 1 is 1.30 bits per heavy atom. The summed E-state index contributed by atoms with van der Waals surface area (Å²) < 4.78 is 0. The number of halogens is 1. The number of carbonyl (C=O) groups excluding carboxylic acids is 1. The van der Waals surface area contributed by atoms with Crippen molar-refractivity contribution in [2.24, 2.45) is 0 Å². The van der Waals surface area contributed by atoms with Crippen molar-refractivity contribution in [1.29, 1.82) is 0 Å². The molecule has 1 atom stereocenters. The molecule has 2 aromatic rings. The predicted molar refractivity (Wildman–Crippen MR) is 96.4 cm³/mol. The Morgan fingerprint density at radius 3 is 2.87 bits per heavy atom. The number of anilines is 2. The highest BCUT2D eigenvalue weighted by Gasteiger charge is 2.24. The third-order valence-corrected chi connectivity index (χ3v) is 4.69. The van der Waals surface area contributed by atoms with Crippen LogP contribution in [-0.4, -0.2) is 18.5 Å². The molecule has 0 unspecified atom stereocenters. The highest BCUT2D eigenvalue weighted by atomic mass is 35.5. The zero-order chi connectivity index (χ0) is 16.4. The normalized spacial score (nSPS) is 16.8. The third kappa shape index (κ3) is 3.50. The Hall–Kier alpha value is -2.00. The summed E-state index contributed by atoms with van der Waals surface area (Å²) in [4.78, 5) is 14.6. The van der Waals surface area contributed by atoms with Crippen LogP contribution in [0.5, 0.6) is 0 Å². The minimum atomic E-state index is -0.0423. The second-order valence-corrected chi connectivity index (χ2v) is 6.58. The van der Waals surface area contributed by atoms with Crippen molar-refractivity contribution < 1.29 is 4.79 Å². The molecular formula is C19H21ClN2O. The SMILES string of the molecule is Cc1ccc(NC(=O)CN2c3ccccc3CC[C@@H]2C)c(Cl)c1. The van der Waals surface area contributed by atoms with Crippen molar-refractivity contribution in [3.63, 3.8) is 0 Å². The van der Waals surface area contributed by atoms with Gasteiger partial charge in [-0.05, 0) is 56.0 Å². The average molecular weight is 329 g/mol. The van der Waals surface area contributed by atoms with Crippen molar-refractivity contribution in [1.82, 2.24) is 0 Å². The van der Waals surface area contributed by atoms with E-state index < -0.39 is 0 Å². The lowest BCUT2D eigenvalue weighted by Gasteiger charge is -2.36. The van der Waals surface area contributed by atoms with Gasteiger partial charge in [-0.3, -0.25) is 4.79 Å². The fourth-order valence-corrected chi connectivity index (χ4v) is 3.35. The summed E-state index contributed by atoms with van der Waals surface area (Å²) in [6, 6.07) is 14.3. The van der Waals surface area contributed by atoms with E-state index >= 15 is 0 Å². The van der Waals surface area contributed by atoms with Crippen LogP contribution in [0.25, 0.3) is 0 Å². The lowest BCUT2D eigenvalue weighted by molar-refractivity contribution is -0.115. The van der Waals surface area contributed by atoms with Crippen LogP contribution in [0.1, 0.15) is 24.5 Å². The van der Waals surface area contributed by atoms with Gasteiger partial charge in [0.25, 0.3) is 0 Å². The second-order valence-electron chi connectivity index (χ2n) is 6.18. The maximum Gasteiger partial charge on any atom is 0.243 e. The van der Waals surface area contributed by atoms with Crippen LogP contribution in [0, 0.1) is 6.92 Å². The predicted octanol–water partition coefficient (Wildman–Crippen LogP) is 4.43. The molecule has 0 radical (unpaired) electrons. The minimum absolute atomic E-state index is 0.0423. The van der Waals surface area contributed by atoms with Gasteiger partial charge in [0, 0.05) is 11.7 Å². The molecule has 0 bridgehead atoms. The molecule has 23 heavy (non-hydrogen) atoms.